The van der Waals surface area contributed by atoms with E-state index in [1.54, 1.807) is 7.11 Å². The summed E-state index contributed by atoms with van der Waals surface area (Å²) in [6, 6.07) is 9.76. The highest BCUT2D eigenvalue weighted by atomic mass is 16.5. The Kier molecular flexibility index (Phi) is 5.56. The zero-order valence-corrected chi connectivity index (χ0v) is 12.2. The highest BCUT2D eigenvalue weighted by Gasteiger charge is 2.25. The summed E-state index contributed by atoms with van der Waals surface area (Å²) >= 11 is 0. The lowest BCUT2D eigenvalue weighted by Gasteiger charge is -2.19. The number of carbonyl (C=O) groups is 1. The molecule has 1 aromatic rings. The largest absolute Gasteiger partial charge is 0.461 e. The molecule has 2 atom stereocenters. The van der Waals surface area contributed by atoms with Gasteiger partial charge in [-0.25, -0.2) is 0 Å². The van der Waals surface area contributed by atoms with Crippen LogP contribution in [-0.4, -0.2) is 43.7 Å². The van der Waals surface area contributed by atoms with E-state index in [9.17, 15) is 4.79 Å². The van der Waals surface area contributed by atoms with E-state index < -0.39 is 0 Å². The van der Waals surface area contributed by atoms with Crippen molar-refractivity contribution < 1.29 is 14.3 Å². The number of ether oxygens (including phenoxy) is 2. The molecule has 0 spiro atoms. The van der Waals surface area contributed by atoms with Gasteiger partial charge in [-0.2, -0.15) is 0 Å². The first-order valence-corrected chi connectivity index (χ1v) is 7.14. The van der Waals surface area contributed by atoms with E-state index in [0.29, 0.717) is 12.7 Å². The number of benzene rings is 1. The number of hydrogen-bond donors (Lipinski definition) is 0. The van der Waals surface area contributed by atoms with Crippen molar-refractivity contribution >= 4 is 5.97 Å². The van der Waals surface area contributed by atoms with Crippen molar-refractivity contribution in [1.29, 1.82) is 0 Å². The van der Waals surface area contributed by atoms with Crippen LogP contribution in [0, 0.1) is 5.92 Å². The fourth-order valence-corrected chi connectivity index (χ4v) is 2.49. The summed E-state index contributed by atoms with van der Waals surface area (Å²) in [6.07, 6.45) is 1.35. The van der Waals surface area contributed by atoms with E-state index in [-0.39, 0.29) is 11.9 Å². The summed E-state index contributed by atoms with van der Waals surface area (Å²) in [5.41, 5.74) is 1.02. The van der Waals surface area contributed by atoms with E-state index in [4.69, 9.17) is 9.47 Å². The molecule has 1 aliphatic rings. The lowest BCUT2D eigenvalue weighted by molar-refractivity contribution is -0.149. The van der Waals surface area contributed by atoms with Crippen LogP contribution in [0.1, 0.15) is 18.9 Å². The van der Waals surface area contributed by atoms with Crippen LogP contribution in [0.4, 0.5) is 0 Å². The van der Waals surface area contributed by atoms with Crippen molar-refractivity contribution in [2.45, 2.75) is 26.1 Å². The van der Waals surface area contributed by atoms with Crippen molar-refractivity contribution in [3.8, 4) is 0 Å². The Morgan fingerprint density at radius 2 is 2.15 bits per heavy atom. The normalized spacial score (nSPS) is 20.8. The molecular weight excluding hydrogens is 254 g/mol. The number of nitrogens with zero attached hydrogens (tertiary/aromatic N) is 1. The average molecular weight is 277 g/mol. The molecule has 0 amide bonds. The van der Waals surface area contributed by atoms with Gasteiger partial charge in [0.25, 0.3) is 0 Å². The second kappa shape index (κ2) is 7.41. The number of likely N-dealkylation sites (tertiary alicyclic amines) is 1. The zero-order valence-electron chi connectivity index (χ0n) is 12.2. The Labute approximate surface area is 120 Å². The van der Waals surface area contributed by atoms with Gasteiger partial charge < -0.3 is 9.47 Å². The summed E-state index contributed by atoms with van der Waals surface area (Å²) in [6.45, 7) is 4.92. The summed E-state index contributed by atoms with van der Waals surface area (Å²) in [5, 5.41) is 0. The van der Waals surface area contributed by atoms with Crippen molar-refractivity contribution in [1.82, 2.24) is 4.90 Å². The first kappa shape index (κ1) is 15.0. The third-order valence-electron chi connectivity index (χ3n) is 3.72. The molecule has 20 heavy (non-hydrogen) atoms. The fraction of sp³-hybridized carbons (Fsp3) is 0.562. The third kappa shape index (κ3) is 4.32. The maximum Gasteiger partial charge on any atom is 0.310 e. The predicted octanol–water partition coefficient (Wildman–Crippen LogP) is 2.09. The van der Waals surface area contributed by atoms with Gasteiger partial charge in [0, 0.05) is 26.7 Å². The molecule has 0 N–H and O–H groups in total. The quantitative estimate of drug-likeness (QED) is 0.746. The van der Waals surface area contributed by atoms with Gasteiger partial charge in [-0.15, -0.1) is 0 Å². The van der Waals surface area contributed by atoms with Crippen LogP contribution in [0.2, 0.25) is 0 Å². The smallest absolute Gasteiger partial charge is 0.310 e. The molecular formula is C16H23NO3. The van der Waals surface area contributed by atoms with Crippen LogP contribution < -0.4 is 0 Å². The lowest BCUT2D eigenvalue weighted by Crippen LogP contribution is -2.32. The second-order valence-corrected chi connectivity index (χ2v) is 5.40. The Hall–Kier alpha value is -1.39. The molecule has 2 rings (SSSR count). The monoisotopic (exact) mass is 277 g/mol. The molecule has 0 saturated carbocycles. The van der Waals surface area contributed by atoms with Crippen LogP contribution in [-0.2, 0) is 20.9 Å². The minimum absolute atomic E-state index is 0.102. The number of esters is 1. The average Bonchev–Trinajstić information content (AvgIpc) is 2.93. The molecule has 2 unspecified atom stereocenters. The van der Waals surface area contributed by atoms with Gasteiger partial charge in [-0.05, 0) is 12.0 Å². The maximum atomic E-state index is 12.0. The van der Waals surface area contributed by atoms with E-state index in [0.717, 1.165) is 31.6 Å². The molecule has 110 valence electrons. The van der Waals surface area contributed by atoms with Crippen LogP contribution in [0.3, 0.4) is 0 Å². The summed E-state index contributed by atoms with van der Waals surface area (Å²) < 4.78 is 10.7. The van der Waals surface area contributed by atoms with Crippen LogP contribution in [0.5, 0.6) is 0 Å². The minimum Gasteiger partial charge on any atom is -0.461 e. The minimum atomic E-state index is -0.130. The number of carbonyl (C=O) groups excluding carboxylic acids is 1. The van der Waals surface area contributed by atoms with Crippen LogP contribution >= 0.6 is 0 Å². The predicted molar refractivity (Wildman–Crippen MR) is 77.3 cm³/mol. The van der Waals surface area contributed by atoms with E-state index in [2.05, 4.69) is 4.90 Å². The lowest BCUT2D eigenvalue weighted by atomic mass is 10.1. The van der Waals surface area contributed by atoms with Crippen LogP contribution in [0.15, 0.2) is 30.3 Å². The highest BCUT2D eigenvalue weighted by molar-refractivity contribution is 5.72. The van der Waals surface area contributed by atoms with Gasteiger partial charge in [0.15, 0.2) is 0 Å². The molecule has 0 radical (unpaired) electrons. The Bertz CT molecular complexity index is 421. The first-order valence-electron chi connectivity index (χ1n) is 7.14. The van der Waals surface area contributed by atoms with Gasteiger partial charge in [-0.1, -0.05) is 37.3 Å². The molecule has 1 fully saturated rings. The SMILES string of the molecule is COC1CCN(CC(C)C(=O)OCc2ccccc2)C1. The van der Waals surface area contributed by atoms with Gasteiger partial charge >= 0.3 is 5.97 Å². The summed E-state index contributed by atoms with van der Waals surface area (Å²) in [4.78, 5) is 14.2. The van der Waals surface area contributed by atoms with Gasteiger partial charge in [0.05, 0.1) is 12.0 Å². The van der Waals surface area contributed by atoms with Gasteiger partial charge in [0.2, 0.25) is 0 Å². The second-order valence-electron chi connectivity index (χ2n) is 5.40. The fourth-order valence-electron chi connectivity index (χ4n) is 2.49. The van der Waals surface area contributed by atoms with E-state index >= 15 is 0 Å². The molecule has 0 aliphatic carbocycles. The molecule has 1 aliphatic heterocycles. The Morgan fingerprint density at radius 1 is 1.40 bits per heavy atom. The molecule has 1 heterocycles. The van der Waals surface area contributed by atoms with Crippen molar-refractivity contribution in [2.75, 3.05) is 26.7 Å². The van der Waals surface area contributed by atoms with Crippen molar-refractivity contribution in [3.05, 3.63) is 35.9 Å². The summed E-state index contributed by atoms with van der Waals surface area (Å²) in [7, 11) is 1.74. The molecule has 4 heteroatoms. The topological polar surface area (TPSA) is 38.8 Å². The molecule has 4 nitrogen and oxygen atoms in total. The molecule has 0 bridgehead atoms. The van der Waals surface area contributed by atoms with Crippen molar-refractivity contribution in [3.63, 3.8) is 0 Å². The molecule has 1 saturated heterocycles. The number of methoxy groups -OCH3 is 1. The standard InChI is InChI=1S/C16H23NO3/c1-13(10-17-9-8-15(11-17)19-2)16(18)20-12-14-6-4-3-5-7-14/h3-7,13,15H,8-12H2,1-2H3. The van der Waals surface area contributed by atoms with Gasteiger partial charge in [0.1, 0.15) is 6.61 Å². The molecule has 1 aromatic carbocycles. The third-order valence-corrected chi connectivity index (χ3v) is 3.72. The maximum absolute atomic E-state index is 12.0. The Balaban J connectivity index is 1.72. The van der Waals surface area contributed by atoms with E-state index in [1.165, 1.54) is 0 Å². The van der Waals surface area contributed by atoms with Gasteiger partial charge in [-0.3, -0.25) is 9.69 Å². The number of rotatable bonds is 6. The first-order chi connectivity index (χ1) is 9.69. The molecule has 0 aromatic heterocycles. The van der Waals surface area contributed by atoms with E-state index in [1.807, 2.05) is 37.3 Å². The number of hydrogen-bond acceptors (Lipinski definition) is 4. The zero-order chi connectivity index (χ0) is 14.4. The highest BCUT2D eigenvalue weighted by Crippen LogP contribution is 2.14. The van der Waals surface area contributed by atoms with Crippen LogP contribution in [0.25, 0.3) is 0 Å². The van der Waals surface area contributed by atoms with Crippen molar-refractivity contribution in [2.24, 2.45) is 5.92 Å². The Morgan fingerprint density at radius 3 is 2.80 bits per heavy atom. The summed E-state index contributed by atoms with van der Waals surface area (Å²) in [5.74, 6) is -0.232.